The van der Waals surface area contributed by atoms with Crippen molar-refractivity contribution in [1.82, 2.24) is 4.90 Å². The molecule has 0 aromatic rings. The van der Waals surface area contributed by atoms with Crippen LogP contribution in [0.25, 0.3) is 0 Å². The topological polar surface area (TPSA) is 21.7 Å². The maximum atomic E-state index is 5.64. The first-order valence-corrected chi connectivity index (χ1v) is 8.16. The quantitative estimate of drug-likeness (QED) is 0.461. The second kappa shape index (κ2) is 8.61. The van der Waals surface area contributed by atoms with Crippen LogP contribution in [0.2, 0.25) is 13.1 Å². The second-order valence-electron chi connectivity index (χ2n) is 2.86. The van der Waals surface area contributed by atoms with Crippen molar-refractivity contribution >= 4 is 19.0 Å². The van der Waals surface area contributed by atoms with Crippen LogP contribution in [-0.4, -0.2) is 55.9 Å². The zero-order chi connectivity index (χ0) is 11.0. The lowest BCUT2D eigenvalue weighted by molar-refractivity contribution is -0.0719. The zero-order valence-electron chi connectivity index (χ0n) is 9.83. The highest BCUT2D eigenvalue weighted by Crippen LogP contribution is 2.04. The van der Waals surface area contributed by atoms with E-state index in [0.717, 1.165) is 32.3 Å². The fraction of sp³-hybridized carbons (Fsp3) is 1.00. The Morgan fingerprint density at radius 1 is 1.00 bits per heavy atom. The monoisotopic (exact) mass is 231 g/mol. The van der Waals surface area contributed by atoms with Crippen LogP contribution >= 0.6 is 0 Å². The van der Waals surface area contributed by atoms with Crippen molar-refractivity contribution in [3.63, 3.8) is 0 Å². The summed E-state index contributed by atoms with van der Waals surface area (Å²) < 4.78 is 11.3. The first-order chi connectivity index (χ1) is 6.71. The maximum Gasteiger partial charge on any atom is 0.0956 e. The van der Waals surface area contributed by atoms with Gasteiger partial charge in [0.05, 0.1) is 30.7 Å². The lowest BCUT2D eigenvalue weighted by atomic mass is 10.8. The summed E-state index contributed by atoms with van der Waals surface area (Å²) in [4.78, 5) is 2.20. The largest absolute Gasteiger partial charge is 0.368 e. The number of nitrogens with zero attached hydrogens (tertiary/aromatic N) is 1. The molecule has 3 nitrogen and oxygen atoms in total. The summed E-state index contributed by atoms with van der Waals surface area (Å²) >= 11 is 0. The minimum atomic E-state index is 0.212. The highest BCUT2D eigenvalue weighted by atomic mass is 28.2. The SMILES string of the molecule is CCOC([Si]C)N(C)C(OCC)[Si]C. The van der Waals surface area contributed by atoms with E-state index in [1.165, 1.54) is 0 Å². The summed E-state index contributed by atoms with van der Waals surface area (Å²) in [5.74, 6) is 0.424. The summed E-state index contributed by atoms with van der Waals surface area (Å²) in [7, 11) is 3.61. The lowest BCUT2D eigenvalue weighted by Gasteiger charge is -2.33. The second-order valence-corrected chi connectivity index (χ2v) is 5.00. The van der Waals surface area contributed by atoms with Gasteiger partial charge < -0.3 is 9.47 Å². The van der Waals surface area contributed by atoms with Crippen LogP contribution in [0.1, 0.15) is 13.8 Å². The van der Waals surface area contributed by atoms with Crippen LogP contribution in [0.3, 0.4) is 0 Å². The molecule has 0 heterocycles. The summed E-state index contributed by atoms with van der Waals surface area (Å²) in [6.45, 7) is 9.93. The molecule has 5 heteroatoms. The van der Waals surface area contributed by atoms with Crippen molar-refractivity contribution in [3.8, 4) is 0 Å². The molecule has 82 valence electrons. The molecule has 0 saturated heterocycles. The minimum absolute atomic E-state index is 0.212. The molecule has 0 aromatic carbocycles. The number of ether oxygens (including phenoxy) is 2. The van der Waals surface area contributed by atoms with Crippen LogP contribution in [-0.2, 0) is 9.47 Å². The van der Waals surface area contributed by atoms with E-state index in [9.17, 15) is 0 Å². The van der Waals surface area contributed by atoms with Crippen molar-refractivity contribution in [1.29, 1.82) is 0 Å². The van der Waals surface area contributed by atoms with E-state index in [0.29, 0.717) is 0 Å². The lowest BCUT2D eigenvalue weighted by Crippen LogP contribution is -2.48. The van der Waals surface area contributed by atoms with E-state index in [4.69, 9.17) is 9.47 Å². The Labute approximate surface area is 92.8 Å². The molecule has 0 spiro atoms. The van der Waals surface area contributed by atoms with E-state index in [2.05, 4.69) is 25.0 Å². The van der Waals surface area contributed by atoms with Crippen LogP contribution in [0.4, 0.5) is 0 Å². The summed E-state index contributed by atoms with van der Waals surface area (Å²) in [5, 5.41) is 0. The van der Waals surface area contributed by atoms with Gasteiger partial charge in [-0.3, -0.25) is 4.90 Å². The van der Waals surface area contributed by atoms with Crippen molar-refractivity contribution in [2.75, 3.05) is 20.3 Å². The molecule has 2 atom stereocenters. The van der Waals surface area contributed by atoms with Crippen molar-refractivity contribution < 1.29 is 9.47 Å². The normalized spacial score (nSPS) is 15.9. The molecule has 0 aromatic heterocycles. The third-order valence-electron chi connectivity index (χ3n) is 1.88. The van der Waals surface area contributed by atoms with Gasteiger partial charge >= 0.3 is 0 Å². The molecule has 0 aliphatic rings. The molecule has 0 fully saturated rings. The smallest absolute Gasteiger partial charge is 0.0956 e. The Kier molecular flexibility index (Phi) is 8.80. The van der Waals surface area contributed by atoms with Gasteiger partial charge in [0.2, 0.25) is 0 Å². The first-order valence-electron chi connectivity index (χ1n) is 5.00. The van der Waals surface area contributed by atoms with Crippen LogP contribution in [0.5, 0.6) is 0 Å². The molecule has 0 amide bonds. The Morgan fingerprint density at radius 3 is 1.57 bits per heavy atom. The standard InChI is InChI=1S/C9H21NO2Si2/c1-6-11-8(13-4)10(3)9(14-5)12-7-2/h8-9H,6-7H2,1-5H3. The van der Waals surface area contributed by atoms with E-state index >= 15 is 0 Å². The predicted octanol–water partition coefficient (Wildman–Crippen LogP) is 1.06. The predicted molar refractivity (Wildman–Crippen MR) is 61.8 cm³/mol. The van der Waals surface area contributed by atoms with Gasteiger partial charge in [0.25, 0.3) is 0 Å². The summed E-state index contributed by atoms with van der Waals surface area (Å²) in [6, 6.07) is 0. The Bertz CT molecular complexity index is 124. The fourth-order valence-electron chi connectivity index (χ4n) is 1.25. The first kappa shape index (κ1) is 14.3. The molecule has 0 N–H and O–H groups in total. The molecule has 0 rings (SSSR count). The van der Waals surface area contributed by atoms with Gasteiger partial charge in [-0.15, -0.1) is 0 Å². The van der Waals surface area contributed by atoms with E-state index in [1.54, 1.807) is 0 Å². The fourth-order valence-corrected chi connectivity index (χ4v) is 3.15. The van der Waals surface area contributed by atoms with Gasteiger partial charge in [-0.2, -0.15) is 0 Å². The van der Waals surface area contributed by atoms with Crippen LogP contribution in [0.15, 0.2) is 0 Å². The molecule has 0 saturated carbocycles. The van der Waals surface area contributed by atoms with Gasteiger partial charge in [-0.1, -0.05) is 13.1 Å². The van der Waals surface area contributed by atoms with Crippen molar-refractivity contribution in [2.45, 2.75) is 38.6 Å². The average molecular weight is 231 g/mol. The number of rotatable bonds is 8. The van der Waals surface area contributed by atoms with Crippen molar-refractivity contribution in [3.05, 3.63) is 0 Å². The zero-order valence-corrected chi connectivity index (χ0v) is 11.8. The van der Waals surface area contributed by atoms with Gasteiger partial charge in [0, 0.05) is 13.2 Å². The molecule has 0 aliphatic heterocycles. The van der Waals surface area contributed by atoms with Gasteiger partial charge in [0.1, 0.15) is 0 Å². The molecule has 4 radical (unpaired) electrons. The van der Waals surface area contributed by atoms with E-state index in [-0.39, 0.29) is 11.7 Å². The molecule has 0 aliphatic carbocycles. The highest BCUT2D eigenvalue weighted by Gasteiger charge is 2.20. The highest BCUT2D eigenvalue weighted by molar-refractivity contribution is 6.37. The molecule has 0 bridgehead atoms. The van der Waals surface area contributed by atoms with E-state index in [1.807, 2.05) is 13.8 Å². The van der Waals surface area contributed by atoms with E-state index < -0.39 is 0 Å². The average Bonchev–Trinajstić information content (AvgIpc) is 2.21. The van der Waals surface area contributed by atoms with Gasteiger partial charge in [-0.05, 0) is 20.9 Å². The molecule has 2 unspecified atom stereocenters. The minimum Gasteiger partial charge on any atom is -0.368 e. The van der Waals surface area contributed by atoms with Crippen LogP contribution < -0.4 is 0 Å². The molecule has 14 heavy (non-hydrogen) atoms. The summed E-state index contributed by atoms with van der Waals surface area (Å²) in [6.07, 6.45) is 0. The third kappa shape index (κ3) is 4.70. The molecular formula is C9H21NO2Si2. The third-order valence-corrected chi connectivity index (χ3v) is 4.02. The van der Waals surface area contributed by atoms with Gasteiger partial charge in [-0.25, -0.2) is 0 Å². The maximum absolute atomic E-state index is 5.64. The Balaban J connectivity index is 4.13. The Morgan fingerprint density at radius 2 is 1.36 bits per heavy atom. The molecular weight excluding hydrogens is 210 g/mol. The van der Waals surface area contributed by atoms with Gasteiger partial charge in [0.15, 0.2) is 0 Å². The number of hydrogen-bond donors (Lipinski definition) is 0. The number of hydrogen-bond acceptors (Lipinski definition) is 3. The van der Waals surface area contributed by atoms with Crippen LogP contribution in [0, 0.1) is 0 Å². The Hall–Kier alpha value is 0.314. The summed E-state index contributed by atoms with van der Waals surface area (Å²) in [5.41, 5.74) is 0. The van der Waals surface area contributed by atoms with Crippen molar-refractivity contribution in [2.24, 2.45) is 0 Å².